The molecule has 0 aromatic carbocycles. The molecule has 1 aliphatic heterocycles. The van der Waals surface area contributed by atoms with Gasteiger partial charge in [0.1, 0.15) is 12.2 Å². The molecule has 0 radical (unpaired) electrons. The third kappa shape index (κ3) is 8.19. The van der Waals surface area contributed by atoms with Crippen LogP contribution < -0.4 is 0 Å². The first kappa shape index (κ1) is 24.4. The topological polar surface area (TPSA) is 72.9 Å². The van der Waals surface area contributed by atoms with E-state index in [1.165, 1.54) is 24.2 Å². The Hall–Kier alpha value is -1.59. The largest absolute Gasteiger partial charge is 0.460 e. The van der Waals surface area contributed by atoms with Gasteiger partial charge in [-0.2, -0.15) is 0 Å². The molecule has 6 nitrogen and oxygen atoms in total. The first-order chi connectivity index (χ1) is 13.1. The minimum atomic E-state index is -0.599. The normalized spacial score (nSPS) is 18.3. The number of rotatable bonds is 11. The summed E-state index contributed by atoms with van der Waals surface area (Å²) in [5.74, 6) is -1.15. The molecular formula is C22H39NO5. The minimum Gasteiger partial charge on any atom is -0.460 e. The molecule has 1 rings (SSSR count). The maximum Gasteiger partial charge on any atom is 0.416 e. The van der Waals surface area contributed by atoms with Crippen LogP contribution in [0.4, 0.5) is 4.79 Å². The molecule has 1 aliphatic rings. The molecule has 0 aliphatic carbocycles. The lowest BCUT2D eigenvalue weighted by molar-refractivity contribution is -0.158. The highest BCUT2D eigenvalue weighted by molar-refractivity contribution is 5.96. The first-order valence-electron chi connectivity index (χ1n) is 10.8. The molecule has 2 amide bonds. The Balaban J connectivity index is 2.78. The van der Waals surface area contributed by atoms with Gasteiger partial charge in [0, 0.05) is 5.92 Å². The smallest absolute Gasteiger partial charge is 0.416 e. The van der Waals surface area contributed by atoms with Crippen molar-refractivity contribution in [3.63, 3.8) is 0 Å². The van der Waals surface area contributed by atoms with Crippen molar-refractivity contribution < 1.29 is 23.9 Å². The standard InChI is InChI=1S/C22H39NO5/c1-7-8-9-10-11-12-13-17(14-19(24)28-22(4,5)6)20(25)23-18(16(2)3)15-27-21(23)26/h16-18H,7-15H2,1-6H3. The van der Waals surface area contributed by atoms with Gasteiger partial charge in [0.15, 0.2) is 0 Å². The maximum absolute atomic E-state index is 13.2. The fourth-order valence-corrected chi connectivity index (χ4v) is 3.45. The molecule has 0 spiro atoms. The van der Waals surface area contributed by atoms with Crippen LogP contribution in [0.5, 0.6) is 0 Å². The molecule has 0 saturated carbocycles. The number of ether oxygens (including phenoxy) is 2. The third-order valence-corrected chi connectivity index (χ3v) is 5.00. The van der Waals surface area contributed by atoms with Crippen LogP contribution in [0.15, 0.2) is 0 Å². The zero-order valence-corrected chi connectivity index (χ0v) is 18.6. The Bertz CT molecular complexity index is 524. The lowest BCUT2D eigenvalue weighted by Gasteiger charge is -2.27. The van der Waals surface area contributed by atoms with Gasteiger partial charge in [-0.15, -0.1) is 0 Å². The van der Waals surface area contributed by atoms with Crippen molar-refractivity contribution in [3.8, 4) is 0 Å². The summed E-state index contributed by atoms with van der Waals surface area (Å²) in [4.78, 5) is 38.9. The molecule has 1 saturated heterocycles. The summed E-state index contributed by atoms with van der Waals surface area (Å²) in [6.45, 7) is 11.7. The number of imide groups is 1. The molecule has 1 fully saturated rings. The molecular weight excluding hydrogens is 358 g/mol. The van der Waals surface area contributed by atoms with Gasteiger partial charge in [0.05, 0.1) is 12.5 Å². The van der Waals surface area contributed by atoms with Gasteiger partial charge >= 0.3 is 12.1 Å². The number of nitrogens with zero attached hydrogens (tertiary/aromatic N) is 1. The second kappa shape index (κ2) is 11.4. The quantitative estimate of drug-likeness (QED) is 0.359. The van der Waals surface area contributed by atoms with Gasteiger partial charge in [0.25, 0.3) is 0 Å². The summed E-state index contributed by atoms with van der Waals surface area (Å²) in [5.41, 5.74) is -0.599. The Morgan fingerprint density at radius 2 is 1.75 bits per heavy atom. The van der Waals surface area contributed by atoms with Gasteiger partial charge in [-0.05, 0) is 33.1 Å². The highest BCUT2D eigenvalue weighted by atomic mass is 16.6. The van der Waals surface area contributed by atoms with Gasteiger partial charge in [-0.25, -0.2) is 9.69 Å². The number of cyclic esters (lactones) is 1. The molecule has 162 valence electrons. The summed E-state index contributed by atoms with van der Waals surface area (Å²) in [5, 5.41) is 0. The SMILES string of the molecule is CCCCCCCCC(CC(=O)OC(C)(C)C)C(=O)N1C(=O)OCC1C(C)C. The predicted octanol–water partition coefficient (Wildman–Crippen LogP) is 5.09. The zero-order valence-electron chi connectivity index (χ0n) is 18.6. The molecule has 28 heavy (non-hydrogen) atoms. The van der Waals surface area contributed by atoms with Crippen molar-refractivity contribution in [1.82, 2.24) is 4.90 Å². The van der Waals surface area contributed by atoms with Crippen LogP contribution in [-0.2, 0) is 19.1 Å². The van der Waals surface area contributed by atoms with Gasteiger partial charge < -0.3 is 9.47 Å². The fourth-order valence-electron chi connectivity index (χ4n) is 3.45. The molecule has 2 atom stereocenters. The summed E-state index contributed by atoms with van der Waals surface area (Å²) >= 11 is 0. The van der Waals surface area contributed by atoms with E-state index in [0.717, 1.165) is 19.3 Å². The van der Waals surface area contributed by atoms with Crippen molar-refractivity contribution in [3.05, 3.63) is 0 Å². The van der Waals surface area contributed by atoms with Gasteiger partial charge in [-0.1, -0.05) is 59.3 Å². The first-order valence-corrected chi connectivity index (χ1v) is 10.8. The van der Waals surface area contributed by atoms with Crippen LogP contribution in [0, 0.1) is 11.8 Å². The number of carbonyl (C=O) groups is 3. The second-order valence-electron chi connectivity index (χ2n) is 9.14. The van der Waals surface area contributed by atoms with Crippen LogP contribution in [0.2, 0.25) is 0 Å². The number of carbonyl (C=O) groups excluding carboxylic acids is 3. The van der Waals surface area contributed by atoms with E-state index in [-0.39, 0.29) is 30.9 Å². The lowest BCUT2D eigenvalue weighted by atomic mass is 9.94. The average molecular weight is 398 g/mol. The van der Waals surface area contributed by atoms with E-state index in [1.54, 1.807) is 0 Å². The molecule has 6 heteroatoms. The van der Waals surface area contributed by atoms with E-state index < -0.39 is 23.6 Å². The Labute approximate surface area is 170 Å². The number of hydrogen-bond donors (Lipinski definition) is 0. The van der Waals surface area contributed by atoms with Crippen molar-refractivity contribution in [2.24, 2.45) is 11.8 Å². The molecule has 0 bridgehead atoms. The Morgan fingerprint density at radius 1 is 1.14 bits per heavy atom. The summed E-state index contributed by atoms with van der Waals surface area (Å²) in [6.07, 6.45) is 6.59. The van der Waals surface area contributed by atoms with Gasteiger partial charge in [0.2, 0.25) is 5.91 Å². The van der Waals surface area contributed by atoms with Crippen LogP contribution in [0.25, 0.3) is 0 Å². The fraction of sp³-hybridized carbons (Fsp3) is 0.864. The van der Waals surface area contributed by atoms with E-state index in [4.69, 9.17) is 9.47 Å². The highest BCUT2D eigenvalue weighted by Crippen LogP contribution is 2.26. The molecule has 0 aromatic heterocycles. The molecule has 1 heterocycles. The van der Waals surface area contributed by atoms with Gasteiger partial charge in [-0.3, -0.25) is 9.59 Å². The summed E-state index contributed by atoms with van der Waals surface area (Å²) < 4.78 is 10.5. The van der Waals surface area contributed by atoms with E-state index in [1.807, 2.05) is 34.6 Å². The zero-order chi connectivity index (χ0) is 21.3. The number of esters is 1. The van der Waals surface area contributed by atoms with E-state index in [9.17, 15) is 14.4 Å². The Kier molecular flexibility index (Phi) is 9.97. The van der Waals surface area contributed by atoms with Crippen LogP contribution in [0.3, 0.4) is 0 Å². The van der Waals surface area contributed by atoms with Crippen molar-refractivity contribution in [1.29, 1.82) is 0 Å². The highest BCUT2D eigenvalue weighted by Gasteiger charge is 2.42. The van der Waals surface area contributed by atoms with E-state index in [2.05, 4.69) is 6.92 Å². The Morgan fingerprint density at radius 3 is 2.32 bits per heavy atom. The van der Waals surface area contributed by atoms with Crippen molar-refractivity contribution in [2.75, 3.05) is 6.61 Å². The number of hydrogen-bond acceptors (Lipinski definition) is 5. The number of unbranched alkanes of at least 4 members (excludes halogenated alkanes) is 5. The van der Waals surface area contributed by atoms with Crippen molar-refractivity contribution >= 4 is 18.0 Å². The molecule has 0 aromatic rings. The van der Waals surface area contributed by atoms with E-state index >= 15 is 0 Å². The molecule has 0 N–H and O–H groups in total. The monoisotopic (exact) mass is 397 g/mol. The third-order valence-electron chi connectivity index (χ3n) is 5.00. The predicted molar refractivity (Wildman–Crippen MR) is 109 cm³/mol. The lowest BCUT2D eigenvalue weighted by Crippen LogP contribution is -2.45. The molecule has 2 unspecified atom stereocenters. The number of amides is 2. The average Bonchev–Trinajstić information content (AvgIpc) is 2.96. The summed E-state index contributed by atoms with van der Waals surface area (Å²) in [6, 6.07) is -0.273. The van der Waals surface area contributed by atoms with Crippen molar-refractivity contribution in [2.45, 2.75) is 105 Å². The minimum absolute atomic E-state index is 0.000339. The maximum atomic E-state index is 13.2. The van der Waals surface area contributed by atoms with Crippen LogP contribution >= 0.6 is 0 Å². The van der Waals surface area contributed by atoms with Crippen LogP contribution in [-0.4, -0.2) is 41.1 Å². The second-order valence-corrected chi connectivity index (χ2v) is 9.14. The van der Waals surface area contributed by atoms with E-state index in [0.29, 0.717) is 6.42 Å². The van der Waals surface area contributed by atoms with Crippen LogP contribution in [0.1, 0.15) is 92.9 Å². The summed E-state index contributed by atoms with van der Waals surface area (Å²) in [7, 11) is 0.